The van der Waals surface area contributed by atoms with Crippen LogP contribution in [-0.2, 0) is 0 Å². The smallest absolute Gasteiger partial charge is 0.146 e. The normalized spacial score (nSPS) is 10.3. The van der Waals surface area contributed by atoms with Crippen LogP contribution < -0.4 is 20.1 Å². The third-order valence-corrected chi connectivity index (χ3v) is 4.07. The number of aromatic nitrogens is 2. The van der Waals surface area contributed by atoms with Gasteiger partial charge in [-0.3, -0.25) is 0 Å². The Kier molecular flexibility index (Phi) is 5.22. The molecular weight excluding hydrogens is 328 g/mol. The number of nitrogens with one attached hydrogen (secondary N) is 2. The van der Waals surface area contributed by atoms with E-state index >= 15 is 0 Å². The first kappa shape index (κ1) is 17.5. The minimum atomic E-state index is 0.664. The maximum atomic E-state index is 5.42. The van der Waals surface area contributed by atoms with E-state index in [2.05, 4.69) is 46.6 Å². The molecule has 0 amide bonds. The number of methoxy groups -OCH3 is 2. The van der Waals surface area contributed by atoms with Crippen LogP contribution in [0, 0.1) is 13.8 Å². The largest absolute Gasteiger partial charge is 0.497 e. The maximum absolute atomic E-state index is 5.42. The van der Waals surface area contributed by atoms with Gasteiger partial charge in [-0.15, -0.1) is 0 Å². The summed E-state index contributed by atoms with van der Waals surface area (Å²) in [5.74, 6) is 2.78. The first-order chi connectivity index (χ1) is 12.6. The quantitative estimate of drug-likeness (QED) is 0.677. The molecule has 2 aromatic carbocycles. The van der Waals surface area contributed by atoms with E-state index in [4.69, 9.17) is 9.47 Å². The second kappa shape index (κ2) is 7.74. The Morgan fingerprint density at radius 3 is 2.15 bits per heavy atom. The molecule has 0 atom stereocenters. The molecule has 3 rings (SSSR count). The molecule has 3 aromatic rings. The minimum absolute atomic E-state index is 0.664. The summed E-state index contributed by atoms with van der Waals surface area (Å²) in [6.07, 6.45) is 1.52. The molecule has 0 aliphatic rings. The lowest BCUT2D eigenvalue weighted by atomic mass is 10.1. The fraction of sp³-hybridized carbons (Fsp3) is 0.200. The van der Waals surface area contributed by atoms with Crippen LogP contribution in [0.25, 0.3) is 0 Å². The van der Waals surface area contributed by atoms with Crippen LogP contribution in [0.2, 0.25) is 0 Å². The van der Waals surface area contributed by atoms with Crippen LogP contribution in [0.15, 0.2) is 48.8 Å². The first-order valence-electron chi connectivity index (χ1n) is 8.25. The molecular formula is C20H22N4O2. The number of para-hydroxylation sites is 1. The van der Waals surface area contributed by atoms with E-state index in [9.17, 15) is 0 Å². The Morgan fingerprint density at radius 2 is 1.50 bits per heavy atom. The molecule has 0 unspecified atom stereocenters. The fourth-order valence-electron chi connectivity index (χ4n) is 2.67. The highest BCUT2D eigenvalue weighted by molar-refractivity contribution is 5.69. The highest BCUT2D eigenvalue weighted by atomic mass is 16.5. The van der Waals surface area contributed by atoms with Crippen molar-refractivity contribution >= 4 is 23.0 Å². The van der Waals surface area contributed by atoms with Gasteiger partial charge in [0.1, 0.15) is 29.5 Å². The van der Waals surface area contributed by atoms with Crippen molar-refractivity contribution < 1.29 is 9.47 Å². The zero-order chi connectivity index (χ0) is 18.5. The van der Waals surface area contributed by atoms with Crippen molar-refractivity contribution in [1.29, 1.82) is 0 Å². The predicted octanol–water partition coefficient (Wildman–Crippen LogP) is 4.60. The lowest BCUT2D eigenvalue weighted by Crippen LogP contribution is -2.01. The molecule has 0 spiro atoms. The molecule has 0 fully saturated rings. The van der Waals surface area contributed by atoms with Gasteiger partial charge in [0.2, 0.25) is 0 Å². The van der Waals surface area contributed by atoms with E-state index < -0.39 is 0 Å². The van der Waals surface area contributed by atoms with Crippen molar-refractivity contribution in [3.05, 3.63) is 59.9 Å². The number of anilines is 4. The molecule has 0 aliphatic carbocycles. The summed E-state index contributed by atoms with van der Waals surface area (Å²) in [6.45, 7) is 4.13. The van der Waals surface area contributed by atoms with Gasteiger partial charge in [0.05, 0.1) is 19.9 Å². The third kappa shape index (κ3) is 3.85. The molecule has 1 heterocycles. The minimum Gasteiger partial charge on any atom is -0.497 e. The van der Waals surface area contributed by atoms with Gasteiger partial charge >= 0.3 is 0 Å². The van der Waals surface area contributed by atoms with Crippen molar-refractivity contribution in [2.75, 3.05) is 24.9 Å². The van der Waals surface area contributed by atoms with Crippen LogP contribution in [0.5, 0.6) is 11.5 Å². The molecule has 26 heavy (non-hydrogen) atoms. The van der Waals surface area contributed by atoms with Crippen molar-refractivity contribution in [1.82, 2.24) is 9.97 Å². The van der Waals surface area contributed by atoms with E-state index in [1.165, 1.54) is 6.33 Å². The molecule has 0 bridgehead atoms. The Balaban J connectivity index is 1.84. The summed E-state index contributed by atoms with van der Waals surface area (Å²) in [6, 6.07) is 13.6. The van der Waals surface area contributed by atoms with Crippen LogP contribution in [0.3, 0.4) is 0 Å². The fourth-order valence-corrected chi connectivity index (χ4v) is 2.67. The second-order valence-corrected chi connectivity index (χ2v) is 5.87. The molecule has 0 saturated heterocycles. The summed E-state index contributed by atoms with van der Waals surface area (Å²) in [5, 5.41) is 6.63. The molecule has 1 aromatic heterocycles. The van der Waals surface area contributed by atoms with E-state index in [1.807, 2.05) is 30.3 Å². The number of hydrogen-bond donors (Lipinski definition) is 2. The van der Waals surface area contributed by atoms with Crippen molar-refractivity contribution in [2.45, 2.75) is 13.8 Å². The zero-order valence-corrected chi connectivity index (χ0v) is 15.3. The topological polar surface area (TPSA) is 68.3 Å². The number of rotatable bonds is 6. The molecule has 2 N–H and O–H groups in total. The lowest BCUT2D eigenvalue weighted by Gasteiger charge is -2.14. The van der Waals surface area contributed by atoms with Crippen molar-refractivity contribution in [3.63, 3.8) is 0 Å². The standard InChI is InChI=1S/C20H22N4O2/c1-13-6-5-7-14(2)20(13)24-19-11-18(21-12-22-19)23-16-9-8-15(25-3)10-17(16)26-4/h5-12H,1-4H3,(H2,21,22,23,24). The summed E-state index contributed by atoms with van der Waals surface area (Å²) in [5.41, 5.74) is 4.18. The van der Waals surface area contributed by atoms with Crippen molar-refractivity contribution in [2.24, 2.45) is 0 Å². The summed E-state index contributed by atoms with van der Waals surface area (Å²) in [7, 11) is 3.24. The third-order valence-electron chi connectivity index (χ3n) is 4.07. The van der Waals surface area contributed by atoms with Crippen LogP contribution in [-0.4, -0.2) is 24.2 Å². The van der Waals surface area contributed by atoms with Crippen LogP contribution in [0.4, 0.5) is 23.0 Å². The average molecular weight is 350 g/mol. The first-order valence-corrected chi connectivity index (χ1v) is 8.25. The Bertz CT molecular complexity index is 892. The Hall–Kier alpha value is -3.28. The Morgan fingerprint density at radius 1 is 0.808 bits per heavy atom. The molecule has 0 saturated carbocycles. The van der Waals surface area contributed by atoms with E-state index in [1.54, 1.807) is 14.2 Å². The SMILES string of the molecule is COc1ccc(Nc2cc(Nc3c(C)cccc3C)ncn2)c(OC)c1. The number of benzene rings is 2. The van der Waals surface area contributed by atoms with Gasteiger partial charge in [-0.25, -0.2) is 9.97 Å². The number of nitrogens with zero attached hydrogens (tertiary/aromatic N) is 2. The molecule has 134 valence electrons. The highest BCUT2D eigenvalue weighted by Gasteiger charge is 2.08. The predicted molar refractivity (Wildman–Crippen MR) is 104 cm³/mol. The van der Waals surface area contributed by atoms with Gasteiger partial charge in [-0.05, 0) is 37.1 Å². The number of aryl methyl sites for hydroxylation is 2. The maximum Gasteiger partial charge on any atom is 0.146 e. The average Bonchev–Trinajstić information content (AvgIpc) is 2.65. The molecule has 6 heteroatoms. The monoisotopic (exact) mass is 350 g/mol. The summed E-state index contributed by atoms with van der Waals surface area (Å²) >= 11 is 0. The molecule has 0 aliphatic heterocycles. The van der Waals surface area contributed by atoms with Gasteiger partial charge in [-0.2, -0.15) is 0 Å². The van der Waals surface area contributed by atoms with Gasteiger partial charge in [0.25, 0.3) is 0 Å². The van der Waals surface area contributed by atoms with E-state index in [-0.39, 0.29) is 0 Å². The van der Waals surface area contributed by atoms with E-state index in [0.29, 0.717) is 17.4 Å². The summed E-state index contributed by atoms with van der Waals surface area (Å²) < 4.78 is 10.6. The van der Waals surface area contributed by atoms with Gasteiger partial charge in [0.15, 0.2) is 0 Å². The van der Waals surface area contributed by atoms with Crippen LogP contribution in [0.1, 0.15) is 11.1 Å². The lowest BCUT2D eigenvalue weighted by molar-refractivity contribution is 0.395. The van der Waals surface area contributed by atoms with Gasteiger partial charge in [-0.1, -0.05) is 18.2 Å². The van der Waals surface area contributed by atoms with Gasteiger partial charge in [0, 0.05) is 17.8 Å². The van der Waals surface area contributed by atoms with Crippen molar-refractivity contribution in [3.8, 4) is 11.5 Å². The highest BCUT2D eigenvalue weighted by Crippen LogP contribution is 2.31. The zero-order valence-electron chi connectivity index (χ0n) is 15.3. The molecule has 6 nitrogen and oxygen atoms in total. The number of ether oxygens (including phenoxy) is 2. The Labute approximate surface area is 153 Å². The van der Waals surface area contributed by atoms with Crippen LogP contribution >= 0.6 is 0 Å². The summed E-state index contributed by atoms with van der Waals surface area (Å²) in [4.78, 5) is 8.61. The van der Waals surface area contributed by atoms with E-state index in [0.717, 1.165) is 28.3 Å². The second-order valence-electron chi connectivity index (χ2n) is 5.87. The number of hydrogen-bond acceptors (Lipinski definition) is 6. The van der Waals surface area contributed by atoms with Gasteiger partial charge < -0.3 is 20.1 Å². The molecule has 0 radical (unpaired) electrons.